The van der Waals surface area contributed by atoms with E-state index in [0.29, 0.717) is 0 Å². The van der Waals surface area contributed by atoms with Gasteiger partial charge in [-0.15, -0.1) is 0 Å². The molecule has 0 atom stereocenters. The van der Waals surface area contributed by atoms with Gasteiger partial charge in [-0.05, 0) is 38.7 Å². The minimum Gasteiger partial charge on any atom is -0.0874 e. The van der Waals surface area contributed by atoms with Gasteiger partial charge in [-0.25, -0.2) is 0 Å². The van der Waals surface area contributed by atoms with Crippen LogP contribution in [0.25, 0.3) is 0 Å². The van der Waals surface area contributed by atoms with E-state index in [0.717, 1.165) is 0 Å². The number of allylic oxidation sites excluding steroid dienone is 4. The molecule has 0 heterocycles. The van der Waals surface area contributed by atoms with Crippen molar-refractivity contribution in [3.05, 3.63) is 23.3 Å². The first-order chi connectivity index (χ1) is 5.34. The quantitative estimate of drug-likeness (QED) is 0.514. The lowest BCUT2D eigenvalue weighted by atomic mass is 10.2. The zero-order valence-electron chi connectivity index (χ0n) is 8.28. The van der Waals surface area contributed by atoms with Gasteiger partial charge in [0.25, 0.3) is 0 Å². The molecule has 0 aromatic heterocycles. The molecule has 0 unspecified atom stereocenters. The van der Waals surface area contributed by atoms with Gasteiger partial charge in [0.15, 0.2) is 0 Å². The van der Waals surface area contributed by atoms with Crippen molar-refractivity contribution in [3.8, 4) is 0 Å². The second-order valence-corrected chi connectivity index (χ2v) is 2.66. The fourth-order valence-electron chi connectivity index (χ4n) is 1.34. The van der Waals surface area contributed by atoms with Crippen molar-refractivity contribution in [2.45, 2.75) is 61.8 Å². The molecule has 0 spiro atoms. The topological polar surface area (TPSA) is 0 Å². The molecule has 0 saturated carbocycles. The molecule has 0 bridgehead atoms. The molecule has 0 amide bonds. The van der Waals surface area contributed by atoms with E-state index in [4.69, 9.17) is 0 Å². The molecule has 0 aromatic carbocycles. The summed E-state index contributed by atoms with van der Waals surface area (Å²) in [4.78, 5) is 0. The fraction of sp³-hybridized carbons (Fsp3) is 0.692. The zero-order valence-corrected chi connectivity index (χ0v) is 8.28. The molecule has 0 aliphatic heterocycles. The summed E-state index contributed by atoms with van der Waals surface area (Å²) in [6, 6.07) is 0. The van der Waals surface area contributed by atoms with Crippen LogP contribution in [0.5, 0.6) is 0 Å². The molecule has 1 aliphatic rings. The first-order valence-corrected chi connectivity index (χ1v) is 4.66. The van der Waals surface area contributed by atoms with Crippen LogP contribution in [0.15, 0.2) is 23.3 Å². The Morgan fingerprint density at radius 3 is 1.92 bits per heavy atom. The Labute approximate surface area is 85.8 Å². The minimum atomic E-state index is 0. The summed E-state index contributed by atoms with van der Waals surface area (Å²) in [6.45, 7) is 8.32. The van der Waals surface area contributed by atoms with Crippen LogP contribution in [0.4, 0.5) is 0 Å². The average Bonchev–Trinajstić information content (AvgIpc) is 2.42. The van der Waals surface area contributed by atoms with E-state index >= 15 is 0 Å². The van der Waals surface area contributed by atoms with Crippen LogP contribution < -0.4 is 0 Å². The van der Waals surface area contributed by atoms with Crippen LogP contribution in [-0.2, 0) is 0 Å². The summed E-state index contributed by atoms with van der Waals surface area (Å²) < 4.78 is 0. The van der Waals surface area contributed by atoms with Crippen molar-refractivity contribution in [1.82, 2.24) is 0 Å². The minimum absolute atomic E-state index is 0. The van der Waals surface area contributed by atoms with Crippen molar-refractivity contribution in [2.75, 3.05) is 0 Å². The highest BCUT2D eigenvalue weighted by molar-refractivity contribution is 5.27. The van der Waals surface area contributed by atoms with Crippen LogP contribution in [-0.4, -0.2) is 0 Å². The highest BCUT2D eigenvalue weighted by Crippen LogP contribution is 2.25. The second kappa shape index (κ2) is 11.5. The Morgan fingerprint density at radius 2 is 1.62 bits per heavy atom. The zero-order chi connectivity index (χ0) is 8.69. The van der Waals surface area contributed by atoms with E-state index in [-0.39, 0.29) is 14.9 Å². The van der Waals surface area contributed by atoms with E-state index in [1.54, 1.807) is 11.1 Å². The SMILES string of the molecule is C.C.C/C=C\C1=C(C)CCC1.CC. The highest BCUT2D eigenvalue weighted by atomic mass is 14.1. The first-order valence-electron chi connectivity index (χ1n) is 4.66. The molecule has 0 aromatic rings. The summed E-state index contributed by atoms with van der Waals surface area (Å²) in [5.41, 5.74) is 3.16. The molecule has 0 fully saturated rings. The van der Waals surface area contributed by atoms with Crippen molar-refractivity contribution >= 4 is 0 Å². The van der Waals surface area contributed by atoms with Gasteiger partial charge in [0.1, 0.15) is 0 Å². The molecule has 80 valence electrons. The van der Waals surface area contributed by atoms with Gasteiger partial charge in [0.05, 0.1) is 0 Å². The molecule has 0 saturated heterocycles. The van der Waals surface area contributed by atoms with Gasteiger partial charge >= 0.3 is 0 Å². The molecule has 0 radical (unpaired) electrons. The number of rotatable bonds is 1. The summed E-state index contributed by atoms with van der Waals surface area (Å²) in [5, 5.41) is 0. The van der Waals surface area contributed by atoms with Crippen LogP contribution >= 0.6 is 0 Å². The summed E-state index contributed by atoms with van der Waals surface area (Å²) in [5.74, 6) is 0. The van der Waals surface area contributed by atoms with Gasteiger partial charge in [-0.3, -0.25) is 0 Å². The maximum Gasteiger partial charge on any atom is -0.0276 e. The van der Waals surface area contributed by atoms with E-state index < -0.39 is 0 Å². The number of hydrogen-bond donors (Lipinski definition) is 0. The van der Waals surface area contributed by atoms with Gasteiger partial charge in [0.2, 0.25) is 0 Å². The van der Waals surface area contributed by atoms with Crippen LogP contribution in [0.1, 0.15) is 61.8 Å². The molecule has 1 aliphatic carbocycles. The van der Waals surface area contributed by atoms with Crippen molar-refractivity contribution < 1.29 is 0 Å². The van der Waals surface area contributed by atoms with Gasteiger partial charge in [0, 0.05) is 0 Å². The fourth-order valence-corrected chi connectivity index (χ4v) is 1.34. The Balaban J connectivity index is -0.000000234. The lowest BCUT2D eigenvalue weighted by Crippen LogP contribution is -1.71. The van der Waals surface area contributed by atoms with Crippen molar-refractivity contribution in [2.24, 2.45) is 0 Å². The Bertz CT molecular complexity index is 149. The average molecular weight is 184 g/mol. The smallest absolute Gasteiger partial charge is 0.0276 e. The molecular weight excluding hydrogens is 156 g/mol. The Morgan fingerprint density at radius 1 is 1.08 bits per heavy atom. The van der Waals surface area contributed by atoms with E-state index in [1.807, 2.05) is 13.8 Å². The molecule has 0 N–H and O–H groups in total. The molecular formula is C13H28. The van der Waals surface area contributed by atoms with Crippen molar-refractivity contribution in [1.29, 1.82) is 0 Å². The highest BCUT2D eigenvalue weighted by Gasteiger charge is 2.06. The monoisotopic (exact) mass is 184 g/mol. The van der Waals surface area contributed by atoms with Crippen LogP contribution in [0, 0.1) is 0 Å². The summed E-state index contributed by atoms with van der Waals surface area (Å²) >= 11 is 0. The summed E-state index contributed by atoms with van der Waals surface area (Å²) in [7, 11) is 0. The maximum atomic E-state index is 2.24. The van der Waals surface area contributed by atoms with Gasteiger partial charge < -0.3 is 0 Å². The van der Waals surface area contributed by atoms with Crippen LogP contribution in [0.3, 0.4) is 0 Å². The molecule has 0 heteroatoms. The Hall–Kier alpha value is -0.520. The van der Waals surface area contributed by atoms with Crippen molar-refractivity contribution in [3.63, 3.8) is 0 Å². The molecule has 1 rings (SSSR count). The third-order valence-corrected chi connectivity index (χ3v) is 1.91. The lowest BCUT2D eigenvalue weighted by Gasteiger charge is -1.91. The van der Waals surface area contributed by atoms with E-state index in [9.17, 15) is 0 Å². The Kier molecular flexibility index (Phi) is 16.2. The first kappa shape index (κ1) is 18.3. The van der Waals surface area contributed by atoms with Gasteiger partial charge in [-0.1, -0.05) is 46.4 Å². The second-order valence-electron chi connectivity index (χ2n) is 2.66. The number of hydrogen-bond acceptors (Lipinski definition) is 0. The van der Waals surface area contributed by atoms with Gasteiger partial charge in [-0.2, -0.15) is 0 Å². The molecule has 0 nitrogen and oxygen atoms in total. The standard InChI is InChI=1S/C9H14.C2H6.2CH4/c1-3-5-9-7-4-6-8(9)2;1-2;;/h3,5H,4,6-7H2,1-2H3;1-2H3;2*1H4/b5-3-;;;. The largest absolute Gasteiger partial charge is 0.0874 e. The molecule has 13 heavy (non-hydrogen) atoms. The third-order valence-electron chi connectivity index (χ3n) is 1.91. The summed E-state index contributed by atoms with van der Waals surface area (Å²) in [6.07, 6.45) is 8.36. The van der Waals surface area contributed by atoms with Crippen LogP contribution in [0.2, 0.25) is 0 Å². The predicted molar refractivity (Wildman–Crippen MR) is 66.2 cm³/mol. The third kappa shape index (κ3) is 6.62. The predicted octanol–water partition coefficient (Wildman–Crippen LogP) is 5.36. The normalized spacial score (nSPS) is 14.5. The lowest BCUT2D eigenvalue weighted by molar-refractivity contribution is 0.899. The van der Waals surface area contributed by atoms with E-state index in [2.05, 4.69) is 26.0 Å². The van der Waals surface area contributed by atoms with E-state index in [1.165, 1.54) is 19.3 Å². The maximum absolute atomic E-state index is 2.24.